The Morgan fingerprint density at radius 1 is 1.50 bits per heavy atom. The minimum absolute atomic E-state index is 0.137. The van der Waals surface area contributed by atoms with Crippen LogP contribution in [0.25, 0.3) is 0 Å². The van der Waals surface area contributed by atoms with Gasteiger partial charge in [-0.15, -0.1) is 0 Å². The average molecular weight is 193 g/mol. The van der Waals surface area contributed by atoms with Crippen LogP contribution in [-0.2, 0) is 0 Å². The smallest absolute Gasteiger partial charge is 0.164 e. The van der Waals surface area contributed by atoms with Gasteiger partial charge in [-0.2, -0.15) is 0 Å². The molecule has 0 aliphatic carbocycles. The van der Waals surface area contributed by atoms with Gasteiger partial charge >= 0.3 is 0 Å². The van der Waals surface area contributed by atoms with Gasteiger partial charge in [0.15, 0.2) is 5.78 Å². The molecule has 0 spiro atoms. The van der Waals surface area contributed by atoms with Crippen molar-refractivity contribution < 1.29 is 9.53 Å². The molecule has 1 rings (SSSR count). The van der Waals surface area contributed by atoms with E-state index < -0.39 is 0 Å². The van der Waals surface area contributed by atoms with Gasteiger partial charge in [-0.05, 0) is 19.2 Å². The van der Waals surface area contributed by atoms with Crippen LogP contribution in [0.15, 0.2) is 24.3 Å². The van der Waals surface area contributed by atoms with Crippen molar-refractivity contribution in [1.29, 1.82) is 0 Å². The van der Waals surface area contributed by atoms with Crippen molar-refractivity contribution in [2.24, 2.45) is 0 Å². The third kappa shape index (κ3) is 2.85. The Labute approximate surface area is 84.1 Å². The SMILES string of the molecule is CNCCC(=O)c1cccc(OC)c1. The molecule has 0 amide bonds. The zero-order valence-corrected chi connectivity index (χ0v) is 8.54. The number of ketones is 1. The Morgan fingerprint density at radius 3 is 2.93 bits per heavy atom. The highest BCUT2D eigenvalue weighted by Crippen LogP contribution is 2.13. The van der Waals surface area contributed by atoms with Gasteiger partial charge in [0, 0.05) is 18.5 Å². The van der Waals surface area contributed by atoms with Gasteiger partial charge in [-0.1, -0.05) is 12.1 Å². The molecule has 0 aliphatic rings. The zero-order chi connectivity index (χ0) is 10.4. The maximum absolute atomic E-state index is 11.6. The van der Waals surface area contributed by atoms with E-state index in [9.17, 15) is 4.79 Å². The molecule has 14 heavy (non-hydrogen) atoms. The van der Waals surface area contributed by atoms with E-state index in [1.807, 2.05) is 19.2 Å². The summed E-state index contributed by atoms with van der Waals surface area (Å²) in [5, 5.41) is 2.94. The summed E-state index contributed by atoms with van der Waals surface area (Å²) in [4.78, 5) is 11.6. The number of rotatable bonds is 5. The maximum atomic E-state index is 11.6. The standard InChI is InChI=1S/C11H15NO2/c1-12-7-6-11(13)9-4-3-5-10(8-9)14-2/h3-5,8,12H,6-7H2,1-2H3. The highest BCUT2D eigenvalue weighted by molar-refractivity contribution is 5.96. The van der Waals surface area contributed by atoms with Crippen LogP contribution in [0.5, 0.6) is 5.75 Å². The van der Waals surface area contributed by atoms with E-state index >= 15 is 0 Å². The number of carbonyl (C=O) groups excluding carboxylic acids is 1. The van der Waals surface area contributed by atoms with Crippen LogP contribution in [0.3, 0.4) is 0 Å². The van der Waals surface area contributed by atoms with E-state index in [0.717, 1.165) is 5.75 Å². The quantitative estimate of drug-likeness (QED) is 0.720. The Kier molecular flexibility index (Phi) is 4.13. The molecule has 1 N–H and O–H groups in total. The lowest BCUT2D eigenvalue weighted by Crippen LogP contribution is -2.13. The number of carbonyl (C=O) groups is 1. The van der Waals surface area contributed by atoms with Crippen molar-refractivity contribution in [3.05, 3.63) is 29.8 Å². The number of ether oxygens (including phenoxy) is 1. The van der Waals surface area contributed by atoms with Gasteiger partial charge < -0.3 is 10.1 Å². The van der Waals surface area contributed by atoms with Gasteiger partial charge in [0.25, 0.3) is 0 Å². The van der Waals surface area contributed by atoms with E-state index in [1.165, 1.54) is 0 Å². The molecule has 3 nitrogen and oxygen atoms in total. The first-order valence-corrected chi connectivity index (χ1v) is 4.59. The van der Waals surface area contributed by atoms with Gasteiger partial charge in [-0.25, -0.2) is 0 Å². The predicted molar refractivity (Wildman–Crippen MR) is 55.9 cm³/mol. The molecular formula is C11H15NO2. The number of Topliss-reactive ketones (excluding diaryl/α,β-unsaturated/α-hetero) is 1. The summed E-state index contributed by atoms with van der Waals surface area (Å²) < 4.78 is 5.04. The van der Waals surface area contributed by atoms with Crippen molar-refractivity contribution in [1.82, 2.24) is 5.32 Å². The molecule has 3 heteroatoms. The molecule has 0 radical (unpaired) electrons. The van der Waals surface area contributed by atoms with Crippen LogP contribution in [-0.4, -0.2) is 26.5 Å². The van der Waals surface area contributed by atoms with Crippen molar-refractivity contribution >= 4 is 5.78 Å². The molecule has 1 aromatic carbocycles. The van der Waals surface area contributed by atoms with E-state index in [2.05, 4.69) is 5.32 Å². The number of nitrogens with one attached hydrogen (secondary N) is 1. The normalized spacial score (nSPS) is 9.86. The summed E-state index contributed by atoms with van der Waals surface area (Å²) in [5.41, 5.74) is 0.708. The first-order chi connectivity index (χ1) is 6.77. The highest BCUT2D eigenvalue weighted by atomic mass is 16.5. The van der Waals surface area contributed by atoms with Crippen molar-refractivity contribution in [3.8, 4) is 5.75 Å². The minimum atomic E-state index is 0.137. The molecule has 0 saturated carbocycles. The van der Waals surface area contributed by atoms with Crippen molar-refractivity contribution in [3.63, 3.8) is 0 Å². The summed E-state index contributed by atoms with van der Waals surface area (Å²) in [6, 6.07) is 7.22. The third-order valence-electron chi connectivity index (χ3n) is 1.99. The molecule has 0 atom stereocenters. The lowest BCUT2D eigenvalue weighted by molar-refractivity contribution is 0.0983. The molecule has 0 saturated heterocycles. The maximum Gasteiger partial charge on any atom is 0.164 e. The number of hydrogen-bond acceptors (Lipinski definition) is 3. The second-order valence-electron chi connectivity index (χ2n) is 3.01. The van der Waals surface area contributed by atoms with Crippen LogP contribution in [0, 0.1) is 0 Å². The molecule has 76 valence electrons. The lowest BCUT2D eigenvalue weighted by Gasteiger charge is -2.03. The largest absolute Gasteiger partial charge is 0.497 e. The number of benzene rings is 1. The van der Waals surface area contributed by atoms with Gasteiger partial charge in [-0.3, -0.25) is 4.79 Å². The first kappa shape index (κ1) is 10.7. The Morgan fingerprint density at radius 2 is 2.29 bits per heavy atom. The fraction of sp³-hybridized carbons (Fsp3) is 0.364. The predicted octanol–water partition coefficient (Wildman–Crippen LogP) is 1.49. The van der Waals surface area contributed by atoms with Crippen LogP contribution in [0.4, 0.5) is 0 Å². The summed E-state index contributed by atoms with van der Waals surface area (Å²) in [5.74, 6) is 0.860. The van der Waals surface area contributed by atoms with E-state index in [4.69, 9.17) is 4.74 Å². The summed E-state index contributed by atoms with van der Waals surface area (Å²) in [6.45, 7) is 0.704. The summed E-state index contributed by atoms with van der Waals surface area (Å²) >= 11 is 0. The minimum Gasteiger partial charge on any atom is -0.497 e. The molecule has 0 aliphatic heterocycles. The number of methoxy groups -OCH3 is 1. The monoisotopic (exact) mass is 193 g/mol. The molecule has 0 unspecified atom stereocenters. The van der Waals surface area contributed by atoms with Gasteiger partial charge in [0.05, 0.1) is 7.11 Å². The van der Waals surface area contributed by atoms with Crippen LogP contribution in [0.1, 0.15) is 16.8 Å². The van der Waals surface area contributed by atoms with Crippen molar-refractivity contribution in [2.45, 2.75) is 6.42 Å². The fourth-order valence-electron chi connectivity index (χ4n) is 1.18. The Balaban J connectivity index is 2.69. The van der Waals surface area contributed by atoms with Crippen LogP contribution >= 0.6 is 0 Å². The molecule has 0 fully saturated rings. The van der Waals surface area contributed by atoms with Crippen LogP contribution in [0.2, 0.25) is 0 Å². The topological polar surface area (TPSA) is 38.3 Å². The lowest BCUT2D eigenvalue weighted by atomic mass is 10.1. The average Bonchev–Trinajstić information content (AvgIpc) is 2.26. The summed E-state index contributed by atoms with van der Waals surface area (Å²) in [7, 11) is 3.43. The van der Waals surface area contributed by atoms with E-state index in [0.29, 0.717) is 18.5 Å². The molecule has 1 aromatic rings. The summed E-state index contributed by atoms with van der Waals surface area (Å²) in [6.07, 6.45) is 0.518. The molecule has 0 aromatic heterocycles. The second-order valence-corrected chi connectivity index (χ2v) is 3.01. The zero-order valence-electron chi connectivity index (χ0n) is 8.54. The van der Waals surface area contributed by atoms with E-state index in [-0.39, 0.29) is 5.78 Å². The Bertz CT molecular complexity index is 310. The second kappa shape index (κ2) is 5.40. The fourth-order valence-corrected chi connectivity index (χ4v) is 1.18. The van der Waals surface area contributed by atoms with Crippen molar-refractivity contribution in [2.75, 3.05) is 20.7 Å². The molecular weight excluding hydrogens is 178 g/mol. The Hall–Kier alpha value is -1.35. The van der Waals surface area contributed by atoms with Crippen LogP contribution < -0.4 is 10.1 Å². The third-order valence-corrected chi connectivity index (χ3v) is 1.99. The first-order valence-electron chi connectivity index (χ1n) is 4.59. The van der Waals surface area contributed by atoms with E-state index in [1.54, 1.807) is 19.2 Å². The number of hydrogen-bond donors (Lipinski definition) is 1. The molecule has 0 bridgehead atoms. The highest BCUT2D eigenvalue weighted by Gasteiger charge is 2.05. The van der Waals surface area contributed by atoms with Gasteiger partial charge in [0.1, 0.15) is 5.75 Å². The molecule has 0 heterocycles. The van der Waals surface area contributed by atoms with Gasteiger partial charge in [0.2, 0.25) is 0 Å².